The van der Waals surface area contributed by atoms with E-state index in [0.717, 1.165) is 6.54 Å². The lowest BCUT2D eigenvalue weighted by atomic mass is 9.89. The number of rotatable bonds is 4. The molecule has 1 saturated carbocycles. The number of likely N-dealkylation sites (tertiary alicyclic amines) is 1. The zero-order chi connectivity index (χ0) is 19.1. The number of nitrogens with two attached hydrogens (primary N) is 1. The fraction of sp³-hybridized carbons (Fsp3) is 0.632. The highest BCUT2D eigenvalue weighted by Crippen LogP contribution is 2.40. The van der Waals surface area contributed by atoms with Crippen molar-refractivity contribution in [1.29, 1.82) is 0 Å². The summed E-state index contributed by atoms with van der Waals surface area (Å²) in [6.45, 7) is 1.50. The van der Waals surface area contributed by atoms with Crippen LogP contribution in [0, 0.1) is 5.92 Å². The molecule has 3 heterocycles. The molecule has 2 saturated heterocycles. The van der Waals surface area contributed by atoms with Crippen LogP contribution in [0.25, 0.3) is 0 Å². The summed E-state index contributed by atoms with van der Waals surface area (Å²) >= 11 is 1.46. The molecule has 0 unspecified atom stereocenters. The number of carbonyl (C=O) groups excluding carboxylic acids is 2. The number of hydrogen-bond acceptors (Lipinski definition) is 5. The zero-order valence-corrected chi connectivity index (χ0v) is 16.0. The zero-order valence-electron chi connectivity index (χ0n) is 15.2. The maximum absolute atomic E-state index is 12.8. The number of fused-ring (bicyclic) bond motifs is 1. The number of carboxylic acid groups (broad SMARTS) is 1. The van der Waals surface area contributed by atoms with Gasteiger partial charge in [-0.15, -0.1) is 11.8 Å². The van der Waals surface area contributed by atoms with Crippen LogP contribution in [0.3, 0.4) is 0 Å². The molecule has 3 N–H and O–H groups in total. The number of hydrogen-bond donors (Lipinski definition) is 2. The fourth-order valence-electron chi connectivity index (χ4n) is 4.52. The van der Waals surface area contributed by atoms with Gasteiger partial charge in [-0.25, -0.2) is 4.79 Å². The van der Waals surface area contributed by atoms with Gasteiger partial charge in [0.15, 0.2) is 0 Å². The van der Waals surface area contributed by atoms with Crippen LogP contribution in [0.1, 0.15) is 38.5 Å². The van der Waals surface area contributed by atoms with Gasteiger partial charge >= 0.3 is 5.97 Å². The summed E-state index contributed by atoms with van der Waals surface area (Å²) in [5, 5.41) is 9.30. The van der Waals surface area contributed by atoms with E-state index in [9.17, 15) is 19.5 Å². The average molecular weight is 391 g/mol. The first-order valence-electron chi connectivity index (χ1n) is 9.64. The highest BCUT2D eigenvalue weighted by atomic mass is 32.2. The molecule has 0 aromatic rings. The second kappa shape index (κ2) is 7.31. The number of β-lactam (4-membered cyclic amide) rings is 1. The van der Waals surface area contributed by atoms with Crippen LogP contribution in [0.5, 0.6) is 0 Å². The van der Waals surface area contributed by atoms with E-state index in [1.807, 2.05) is 4.90 Å². The van der Waals surface area contributed by atoms with Crippen LogP contribution in [-0.4, -0.2) is 62.9 Å². The number of amides is 2. The fourth-order valence-corrected chi connectivity index (χ4v) is 5.77. The van der Waals surface area contributed by atoms with E-state index < -0.39 is 12.0 Å². The van der Waals surface area contributed by atoms with Crippen LogP contribution >= 0.6 is 11.8 Å². The van der Waals surface area contributed by atoms with Gasteiger partial charge in [-0.1, -0.05) is 19.3 Å². The molecule has 0 radical (unpaired) electrons. The first kappa shape index (κ1) is 18.6. The van der Waals surface area contributed by atoms with Gasteiger partial charge in [-0.05, 0) is 36.8 Å². The summed E-state index contributed by atoms with van der Waals surface area (Å²) in [5.41, 5.74) is 6.94. The highest BCUT2D eigenvalue weighted by molar-refractivity contribution is 8.00. The summed E-state index contributed by atoms with van der Waals surface area (Å²) in [4.78, 5) is 39.8. The Kier molecular flexibility index (Phi) is 5.03. The molecule has 0 bridgehead atoms. The number of carboxylic acids is 1. The molecule has 2 amide bonds. The van der Waals surface area contributed by atoms with Crippen molar-refractivity contribution in [3.63, 3.8) is 0 Å². The second-order valence-corrected chi connectivity index (χ2v) is 8.89. The second-order valence-electron chi connectivity index (χ2n) is 7.79. The molecule has 8 heteroatoms. The van der Waals surface area contributed by atoms with Gasteiger partial charge < -0.3 is 15.7 Å². The number of carbonyl (C=O) groups is 3. The number of nitrogens with zero attached hydrogens (tertiary/aromatic N) is 2. The lowest BCUT2D eigenvalue weighted by molar-refractivity contribution is -0.147. The summed E-state index contributed by atoms with van der Waals surface area (Å²) in [5.74, 6) is -0.462. The minimum Gasteiger partial charge on any atom is -0.477 e. The van der Waals surface area contributed by atoms with E-state index in [0.29, 0.717) is 35.8 Å². The smallest absolute Gasteiger partial charge is 0.352 e. The highest BCUT2D eigenvalue weighted by Gasteiger charge is 2.51. The molecular weight excluding hydrogens is 366 g/mol. The average Bonchev–Trinajstić information content (AvgIpc) is 3.01. The molecule has 27 heavy (non-hydrogen) atoms. The minimum atomic E-state index is -1.14. The quantitative estimate of drug-likeness (QED) is 0.553. The molecule has 3 fully saturated rings. The van der Waals surface area contributed by atoms with Crippen LogP contribution in [-0.2, 0) is 14.4 Å². The summed E-state index contributed by atoms with van der Waals surface area (Å²) in [7, 11) is 0. The van der Waals surface area contributed by atoms with E-state index >= 15 is 0 Å². The van der Waals surface area contributed by atoms with Gasteiger partial charge in [-0.2, -0.15) is 0 Å². The Morgan fingerprint density at radius 3 is 2.70 bits per heavy atom. The van der Waals surface area contributed by atoms with Crippen molar-refractivity contribution >= 4 is 29.5 Å². The normalized spacial score (nSPS) is 30.8. The van der Waals surface area contributed by atoms with E-state index in [1.165, 1.54) is 48.8 Å². The Bertz CT molecular complexity index is 741. The van der Waals surface area contributed by atoms with E-state index in [4.69, 9.17) is 5.73 Å². The van der Waals surface area contributed by atoms with Crippen LogP contribution in [0.2, 0.25) is 0 Å². The van der Waals surface area contributed by atoms with Gasteiger partial charge in [0.25, 0.3) is 0 Å². The van der Waals surface area contributed by atoms with E-state index in [1.54, 1.807) is 6.08 Å². The van der Waals surface area contributed by atoms with Crippen molar-refractivity contribution in [2.45, 2.75) is 49.9 Å². The maximum Gasteiger partial charge on any atom is 0.352 e. The van der Waals surface area contributed by atoms with Crippen LogP contribution in [0.4, 0.5) is 0 Å². The first-order valence-corrected chi connectivity index (χ1v) is 10.7. The van der Waals surface area contributed by atoms with Crippen LogP contribution < -0.4 is 5.73 Å². The number of allylic oxidation sites excluding steroid dienone is 1. The van der Waals surface area contributed by atoms with Gasteiger partial charge in [0.2, 0.25) is 11.8 Å². The Balaban J connectivity index is 1.52. The van der Waals surface area contributed by atoms with E-state index in [2.05, 4.69) is 0 Å². The molecule has 0 spiro atoms. The van der Waals surface area contributed by atoms with Gasteiger partial charge in [0.1, 0.15) is 17.1 Å². The predicted molar refractivity (Wildman–Crippen MR) is 102 cm³/mol. The van der Waals surface area contributed by atoms with Crippen molar-refractivity contribution < 1.29 is 19.5 Å². The lowest BCUT2D eigenvalue weighted by Gasteiger charge is -2.47. The third-order valence-electron chi connectivity index (χ3n) is 6.01. The molecule has 3 aliphatic heterocycles. The molecule has 4 rings (SSSR count). The molecule has 4 aliphatic rings. The Hall–Kier alpha value is -1.80. The van der Waals surface area contributed by atoms with Crippen molar-refractivity contribution in [3.05, 3.63) is 22.9 Å². The standard InChI is InChI=1S/C19H25N3O4S/c20-14-17(24)22-15(19(25)26)13(10-27-18(14)22)8-12-6-7-21(16(12)23)9-11-4-2-1-3-5-11/h8,11,14,18H,1-7,9-10,20H2,(H,25,26)/b12-8+/t14-,18-/m1/s1. The summed E-state index contributed by atoms with van der Waals surface area (Å²) in [6, 6.07) is -0.641. The molecule has 7 nitrogen and oxygen atoms in total. The third-order valence-corrected chi connectivity index (χ3v) is 7.33. The first-order chi connectivity index (χ1) is 13.0. The number of thioether (sulfide) groups is 1. The number of aliphatic carboxylic acids is 1. The Morgan fingerprint density at radius 1 is 1.26 bits per heavy atom. The van der Waals surface area contributed by atoms with Gasteiger partial charge in [0, 0.05) is 24.4 Å². The Morgan fingerprint density at radius 2 is 2.00 bits per heavy atom. The molecule has 0 aromatic heterocycles. The molecular formula is C19H25N3O4S. The predicted octanol–water partition coefficient (Wildman–Crippen LogP) is 1.31. The third kappa shape index (κ3) is 3.29. The summed E-state index contributed by atoms with van der Waals surface area (Å²) in [6.07, 6.45) is 8.48. The van der Waals surface area contributed by atoms with Crippen molar-refractivity contribution in [2.75, 3.05) is 18.8 Å². The largest absolute Gasteiger partial charge is 0.477 e. The van der Waals surface area contributed by atoms with Crippen molar-refractivity contribution in [1.82, 2.24) is 9.80 Å². The Labute approximate surface area is 162 Å². The van der Waals surface area contributed by atoms with Crippen molar-refractivity contribution in [3.8, 4) is 0 Å². The SMILES string of the molecule is N[C@@H]1C(=O)N2C(C(=O)O)=C(/C=C3\CCN(CC4CCCCC4)C3=O)CS[C@H]12. The van der Waals surface area contributed by atoms with Gasteiger partial charge in [0.05, 0.1) is 0 Å². The maximum atomic E-state index is 12.8. The molecule has 1 aliphatic carbocycles. The lowest BCUT2D eigenvalue weighted by Crippen LogP contribution is -2.68. The summed E-state index contributed by atoms with van der Waals surface area (Å²) < 4.78 is 0. The molecule has 0 aromatic carbocycles. The van der Waals surface area contributed by atoms with Gasteiger partial charge in [-0.3, -0.25) is 14.5 Å². The van der Waals surface area contributed by atoms with E-state index in [-0.39, 0.29) is 22.9 Å². The topological polar surface area (TPSA) is 104 Å². The molecule has 2 atom stereocenters. The molecule has 146 valence electrons. The monoisotopic (exact) mass is 391 g/mol. The van der Waals surface area contributed by atoms with Crippen molar-refractivity contribution in [2.24, 2.45) is 11.7 Å². The van der Waals surface area contributed by atoms with Crippen LogP contribution in [0.15, 0.2) is 22.9 Å². The minimum absolute atomic E-state index is 0.0107.